The van der Waals surface area contributed by atoms with Gasteiger partial charge in [-0.3, -0.25) is 9.59 Å². The van der Waals surface area contributed by atoms with E-state index >= 15 is 0 Å². The van der Waals surface area contributed by atoms with Gasteiger partial charge in [-0.05, 0) is 17.7 Å². The van der Waals surface area contributed by atoms with Crippen molar-refractivity contribution in [2.75, 3.05) is 6.54 Å². The minimum atomic E-state index is -0.939. The lowest BCUT2D eigenvalue weighted by atomic mass is 10.1. The van der Waals surface area contributed by atoms with Gasteiger partial charge in [-0.2, -0.15) is 0 Å². The molecule has 1 atom stereocenters. The van der Waals surface area contributed by atoms with Crippen LogP contribution < -0.4 is 5.69 Å². The summed E-state index contributed by atoms with van der Waals surface area (Å²) in [7, 11) is 0. The van der Waals surface area contributed by atoms with Crippen LogP contribution in [0.2, 0.25) is 0 Å². The molecule has 0 saturated carbocycles. The Kier molecular flexibility index (Phi) is 2.81. The number of hydrogen-bond donors (Lipinski definition) is 3. The minimum absolute atomic E-state index is 0.0541. The summed E-state index contributed by atoms with van der Waals surface area (Å²) >= 11 is 0. The molecule has 2 aromatic rings. The van der Waals surface area contributed by atoms with E-state index in [1.165, 1.54) is 4.90 Å². The number of aliphatic carboxylic acids is 1. The molecule has 2 heterocycles. The number of carboxylic acids is 1. The number of carbonyl (C=O) groups is 2. The number of nitrogens with one attached hydrogen (secondary N) is 2. The van der Waals surface area contributed by atoms with Crippen molar-refractivity contribution >= 4 is 22.9 Å². The highest BCUT2D eigenvalue weighted by Gasteiger charge is 2.34. The molecule has 1 aliphatic rings. The monoisotopic (exact) mass is 275 g/mol. The second-order valence-corrected chi connectivity index (χ2v) is 4.97. The topological polar surface area (TPSA) is 106 Å². The molecule has 7 heteroatoms. The maximum Gasteiger partial charge on any atom is 0.323 e. The molecule has 1 aromatic carbocycles. The zero-order valence-corrected chi connectivity index (χ0v) is 10.5. The predicted octanol–water partition coefficient (Wildman–Crippen LogP) is 0.289. The number of amides is 1. The van der Waals surface area contributed by atoms with E-state index in [0.29, 0.717) is 17.6 Å². The first-order valence-corrected chi connectivity index (χ1v) is 6.24. The van der Waals surface area contributed by atoms with Crippen molar-refractivity contribution in [1.29, 1.82) is 0 Å². The van der Waals surface area contributed by atoms with E-state index in [4.69, 9.17) is 5.11 Å². The van der Waals surface area contributed by atoms with E-state index in [-0.39, 0.29) is 24.6 Å². The highest BCUT2D eigenvalue weighted by Crippen LogP contribution is 2.21. The molecule has 3 rings (SSSR count). The van der Waals surface area contributed by atoms with Gasteiger partial charge in [0.1, 0.15) is 0 Å². The smallest absolute Gasteiger partial charge is 0.323 e. The van der Waals surface area contributed by atoms with Gasteiger partial charge < -0.3 is 20.0 Å². The molecule has 1 aromatic heterocycles. The molecule has 0 aliphatic carbocycles. The molecule has 1 aliphatic heterocycles. The van der Waals surface area contributed by atoms with Crippen molar-refractivity contribution < 1.29 is 14.7 Å². The fourth-order valence-electron chi connectivity index (χ4n) is 2.49. The van der Waals surface area contributed by atoms with Crippen LogP contribution >= 0.6 is 0 Å². The van der Waals surface area contributed by atoms with Crippen molar-refractivity contribution in [1.82, 2.24) is 14.9 Å². The van der Waals surface area contributed by atoms with Crippen LogP contribution in [0.5, 0.6) is 0 Å². The van der Waals surface area contributed by atoms with Crippen molar-refractivity contribution in [3.63, 3.8) is 0 Å². The molecule has 3 N–H and O–H groups in total. The van der Waals surface area contributed by atoms with E-state index in [0.717, 1.165) is 5.56 Å². The van der Waals surface area contributed by atoms with Crippen molar-refractivity contribution in [3.8, 4) is 0 Å². The van der Waals surface area contributed by atoms with E-state index in [1.807, 2.05) is 6.07 Å². The number of H-pyrrole nitrogens is 2. The number of likely N-dealkylation sites (tertiary alicyclic amines) is 1. The fourth-order valence-corrected chi connectivity index (χ4v) is 2.49. The van der Waals surface area contributed by atoms with E-state index in [1.54, 1.807) is 12.1 Å². The molecule has 1 fully saturated rings. The summed E-state index contributed by atoms with van der Waals surface area (Å²) in [6, 6.07) is 5.36. The number of benzene rings is 1. The molecule has 1 amide bonds. The molecule has 0 radical (unpaired) electrons. The molecule has 7 nitrogen and oxygen atoms in total. The average molecular weight is 275 g/mol. The summed E-state index contributed by atoms with van der Waals surface area (Å²) in [6.07, 6.45) is 0.0541. The van der Waals surface area contributed by atoms with Crippen LogP contribution in [0.3, 0.4) is 0 Å². The van der Waals surface area contributed by atoms with Crippen LogP contribution in [0.25, 0.3) is 11.0 Å². The third-order valence-electron chi connectivity index (χ3n) is 3.52. The Morgan fingerprint density at radius 1 is 1.30 bits per heavy atom. The standard InChI is InChI=1S/C13H13N3O4/c17-11-4-8(12(18)19)6-16(11)5-7-1-2-9-10(3-7)15-13(20)14-9/h1-3,8H,4-6H2,(H,18,19)(H2,14,15,20). The number of rotatable bonds is 3. The Balaban J connectivity index is 1.81. The van der Waals surface area contributed by atoms with Crippen molar-refractivity contribution in [2.45, 2.75) is 13.0 Å². The molecule has 1 unspecified atom stereocenters. The average Bonchev–Trinajstić information content (AvgIpc) is 2.92. The lowest BCUT2D eigenvalue weighted by molar-refractivity contribution is -0.141. The minimum Gasteiger partial charge on any atom is -0.481 e. The Labute approximate surface area is 113 Å². The first-order valence-electron chi connectivity index (χ1n) is 6.24. The van der Waals surface area contributed by atoms with E-state index in [2.05, 4.69) is 9.97 Å². The second-order valence-electron chi connectivity index (χ2n) is 4.97. The van der Waals surface area contributed by atoms with Crippen molar-refractivity contribution in [2.24, 2.45) is 5.92 Å². The number of fused-ring (bicyclic) bond motifs is 1. The largest absolute Gasteiger partial charge is 0.481 e. The van der Waals surface area contributed by atoms with Crippen LogP contribution in [-0.2, 0) is 16.1 Å². The fraction of sp³-hybridized carbons (Fsp3) is 0.308. The molecule has 104 valence electrons. The summed E-state index contributed by atoms with van der Waals surface area (Å²) in [5.74, 6) is -1.72. The van der Waals surface area contributed by atoms with Gasteiger partial charge in [0, 0.05) is 19.5 Å². The quantitative estimate of drug-likeness (QED) is 0.748. The lowest BCUT2D eigenvalue weighted by Gasteiger charge is -2.15. The Morgan fingerprint density at radius 2 is 2.05 bits per heavy atom. The van der Waals surface area contributed by atoms with Crippen LogP contribution in [-0.4, -0.2) is 38.4 Å². The normalized spacial score (nSPS) is 18.9. The lowest BCUT2D eigenvalue weighted by Crippen LogP contribution is -2.25. The maximum absolute atomic E-state index is 11.8. The van der Waals surface area contributed by atoms with Gasteiger partial charge in [0.2, 0.25) is 5.91 Å². The first kappa shape index (κ1) is 12.5. The van der Waals surface area contributed by atoms with Crippen molar-refractivity contribution in [3.05, 3.63) is 34.2 Å². The Hall–Kier alpha value is -2.57. The Bertz CT molecular complexity index is 745. The van der Waals surface area contributed by atoms with Gasteiger partial charge in [-0.25, -0.2) is 4.79 Å². The zero-order valence-electron chi connectivity index (χ0n) is 10.5. The number of carbonyl (C=O) groups excluding carboxylic acids is 1. The number of hydrogen-bond acceptors (Lipinski definition) is 3. The summed E-state index contributed by atoms with van der Waals surface area (Å²) < 4.78 is 0. The van der Waals surface area contributed by atoms with Crippen LogP contribution in [0.15, 0.2) is 23.0 Å². The van der Waals surface area contributed by atoms with Gasteiger partial charge in [0.05, 0.1) is 17.0 Å². The third kappa shape index (κ3) is 2.18. The van der Waals surface area contributed by atoms with Gasteiger partial charge in [-0.15, -0.1) is 0 Å². The van der Waals surface area contributed by atoms with Gasteiger partial charge in [-0.1, -0.05) is 6.07 Å². The van der Waals surface area contributed by atoms with E-state index < -0.39 is 11.9 Å². The molecule has 1 saturated heterocycles. The molecule has 0 spiro atoms. The third-order valence-corrected chi connectivity index (χ3v) is 3.52. The van der Waals surface area contributed by atoms with Crippen LogP contribution in [0.4, 0.5) is 0 Å². The van der Waals surface area contributed by atoms with Crippen LogP contribution in [0, 0.1) is 5.92 Å². The molecular weight excluding hydrogens is 262 g/mol. The molecular formula is C13H13N3O4. The number of nitrogens with zero attached hydrogens (tertiary/aromatic N) is 1. The second kappa shape index (κ2) is 4.52. The first-order chi connectivity index (χ1) is 9.52. The summed E-state index contributed by atoms with van der Waals surface area (Å²) in [4.78, 5) is 40.7. The molecule has 0 bridgehead atoms. The maximum atomic E-state index is 11.8. The van der Waals surface area contributed by atoms with Gasteiger partial charge in [0.25, 0.3) is 0 Å². The van der Waals surface area contributed by atoms with Gasteiger partial charge >= 0.3 is 11.7 Å². The van der Waals surface area contributed by atoms with E-state index in [9.17, 15) is 14.4 Å². The summed E-state index contributed by atoms with van der Waals surface area (Å²) in [5.41, 5.74) is 1.95. The van der Waals surface area contributed by atoms with Gasteiger partial charge in [0.15, 0.2) is 0 Å². The molecule has 20 heavy (non-hydrogen) atoms. The zero-order chi connectivity index (χ0) is 14.3. The highest BCUT2D eigenvalue weighted by atomic mass is 16.4. The number of imidazole rings is 1. The number of aromatic nitrogens is 2. The number of carboxylic acid groups (broad SMARTS) is 1. The highest BCUT2D eigenvalue weighted by molar-refractivity contribution is 5.86. The SMILES string of the molecule is O=C(O)C1CC(=O)N(Cc2ccc3[nH]c(=O)[nH]c3c2)C1. The summed E-state index contributed by atoms with van der Waals surface area (Å²) in [5, 5.41) is 8.94. The predicted molar refractivity (Wildman–Crippen MR) is 70.1 cm³/mol. The van der Waals surface area contributed by atoms with Crippen LogP contribution in [0.1, 0.15) is 12.0 Å². The Morgan fingerprint density at radius 3 is 2.75 bits per heavy atom. The number of aromatic amines is 2. The summed E-state index contributed by atoms with van der Waals surface area (Å²) in [6.45, 7) is 0.585.